The molecule has 0 saturated heterocycles. The first kappa shape index (κ1) is 10.2. The van der Waals surface area contributed by atoms with Gasteiger partial charge in [0.25, 0.3) is 0 Å². The first-order valence-corrected chi connectivity index (χ1v) is 5.56. The molecular formula is C14H17N. The predicted octanol–water partition coefficient (Wildman–Crippen LogP) is 3.67. The quantitative estimate of drug-likeness (QED) is 0.689. The number of benzene rings is 1. The molecular weight excluding hydrogens is 182 g/mol. The van der Waals surface area contributed by atoms with Crippen molar-refractivity contribution in [3.63, 3.8) is 0 Å². The fourth-order valence-electron chi connectivity index (χ4n) is 1.87. The van der Waals surface area contributed by atoms with Gasteiger partial charge >= 0.3 is 0 Å². The van der Waals surface area contributed by atoms with Gasteiger partial charge in [-0.3, -0.25) is 4.99 Å². The van der Waals surface area contributed by atoms with Crippen LogP contribution in [0.1, 0.15) is 25.8 Å². The lowest BCUT2D eigenvalue weighted by molar-refractivity contribution is 0.476. The van der Waals surface area contributed by atoms with E-state index in [2.05, 4.69) is 49.2 Å². The molecule has 0 aliphatic carbocycles. The van der Waals surface area contributed by atoms with Crippen LogP contribution in [0.25, 0.3) is 0 Å². The highest BCUT2D eigenvalue weighted by atomic mass is 14.7. The van der Waals surface area contributed by atoms with E-state index in [-0.39, 0.29) is 0 Å². The summed E-state index contributed by atoms with van der Waals surface area (Å²) in [4.78, 5) is 4.47. The van der Waals surface area contributed by atoms with Crippen LogP contribution >= 0.6 is 0 Å². The minimum Gasteiger partial charge on any atom is -0.261 e. The summed E-state index contributed by atoms with van der Waals surface area (Å²) in [6, 6.07) is 10.5. The van der Waals surface area contributed by atoms with Gasteiger partial charge in [0, 0.05) is 11.9 Å². The number of nitrogens with zero attached hydrogens (tertiary/aromatic N) is 1. The lowest BCUT2D eigenvalue weighted by atomic mass is 9.87. The van der Waals surface area contributed by atoms with Crippen molar-refractivity contribution in [2.24, 2.45) is 16.8 Å². The fourth-order valence-corrected chi connectivity index (χ4v) is 1.87. The third-order valence-corrected chi connectivity index (χ3v) is 2.96. The number of allylic oxidation sites excluding steroid dienone is 1. The SMILES string of the molecule is CC(C)C1C=CN=C(c2ccccc2)C1. The molecule has 2 rings (SSSR count). The highest BCUT2D eigenvalue weighted by molar-refractivity contribution is 6.01. The summed E-state index contributed by atoms with van der Waals surface area (Å²) in [6.45, 7) is 4.53. The van der Waals surface area contributed by atoms with Gasteiger partial charge in [-0.25, -0.2) is 0 Å². The van der Waals surface area contributed by atoms with Crippen molar-refractivity contribution in [3.05, 3.63) is 48.2 Å². The van der Waals surface area contributed by atoms with Crippen molar-refractivity contribution in [2.45, 2.75) is 20.3 Å². The van der Waals surface area contributed by atoms with Gasteiger partial charge in [-0.05, 0) is 23.8 Å². The molecule has 1 atom stereocenters. The molecule has 0 spiro atoms. The van der Waals surface area contributed by atoms with Crippen molar-refractivity contribution in [3.8, 4) is 0 Å². The molecule has 0 saturated carbocycles. The lowest BCUT2D eigenvalue weighted by Crippen LogP contribution is -2.15. The average Bonchev–Trinajstić information content (AvgIpc) is 2.30. The van der Waals surface area contributed by atoms with Crippen LogP contribution in [0.4, 0.5) is 0 Å². The van der Waals surface area contributed by atoms with Gasteiger partial charge in [0.05, 0.1) is 0 Å². The van der Waals surface area contributed by atoms with Crippen LogP contribution in [0.15, 0.2) is 47.6 Å². The van der Waals surface area contributed by atoms with E-state index >= 15 is 0 Å². The third kappa shape index (κ3) is 2.35. The monoisotopic (exact) mass is 199 g/mol. The molecule has 15 heavy (non-hydrogen) atoms. The topological polar surface area (TPSA) is 12.4 Å². The molecule has 0 N–H and O–H groups in total. The maximum absolute atomic E-state index is 4.47. The summed E-state index contributed by atoms with van der Waals surface area (Å²) >= 11 is 0. The molecule has 0 amide bonds. The largest absolute Gasteiger partial charge is 0.261 e. The van der Waals surface area contributed by atoms with Crippen LogP contribution in [0.2, 0.25) is 0 Å². The van der Waals surface area contributed by atoms with E-state index in [4.69, 9.17) is 0 Å². The van der Waals surface area contributed by atoms with Crippen molar-refractivity contribution >= 4 is 5.71 Å². The normalized spacial score (nSPS) is 20.5. The molecule has 1 heterocycles. The summed E-state index contributed by atoms with van der Waals surface area (Å²) in [7, 11) is 0. The van der Waals surface area contributed by atoms with Gasteiger partial charge in [0.1, 0.15) is 0 Å². The Labute approximate surface area is 91.6 Å². The van der Waals surface area contributed by atoms with E-state index in [0.717, 1.165) is 6.42 Å². The number of hydrogen-bond acceptors (Lipinski definition) is 1. The lowest BCUT2D eigenvalue weighted by Gasteiger charge is -2.20. The second-order valence-corrected chi connectivity index (χ2v) is 4.40. The van der Waals surface area contributed by atoms with Crippen LogP contribution in [-0.2, 0) is 0 Å². The summed E-state index contributed by atoms with van der Waals surface area (Å²) in [5.74, 6) is 1.33. The van der Waals surface area contributed by atoms with Crippen molar-refractivity contribution in [1.29, 1.82) is 0 Å². The number of rotatable bonds is 2. The van der Waals surface area contributed by atoms with Crippen molar-refractivity contribution in [2.75, 3.05) is 0 Å². The number of hydrogen-bond donors (Lipinski definition) is 0. The van der Waals surface area contributed by atoms with Gasteiger partial charge in [0.15, 0.2) is 0 Å². The third-order valence-electron chi connectivity index (χ3n) is 2.96. The van der Waals surface area contributed by atoms with Crippen LogP contribution in [0.3, 0.4) is 0 Å². The number of aliphatic imine (C=N–C) groups is 1. The molecule has 0 fully saturated rings. The molecule has 1 heteroatoms. The maximum Gasteiger partial charge on any atom is 0.0481 e. The van der Waals surface area contributed by atoms with E-state index in [1.807, 2.05) is 12.3 Å². The van der Waals surface area contributed by atoms with Gasteiger partial charge < -0.3 is 0 Å². The Morgan fingerprint density at radius 1 is 1.20 bits per heavy atom. The molecule has 1 aromatic rings. The molecule has 0 bridgehead atoms. The smallest absolute Gasteiger partial charge is 0.0481 e. The van der Waals surface area contributed by atoms with E-state index in [9.17, 15) is 0 Å². The Balaban J connectivity index is 2.19. The zero-order chi connectivity index (χ0) is 10.7. The Hall–Kier alpha value is -1.37. The summed E-state index contributed by atoms with van der Waals surface area (Å²) in [5.41, 5.74) is 2.48. The second-order valence-electron chi connectivity index (χ2n) is 4.40. The van der Waals surface area contributed by atoms with E-state index in [1.54, 1.807) is 0 Å². The van der Waals surface area contributed by atoms with E-state index in [1.165, 1.54) is 11.3 Å². The Morgan fingerprint density at radius 2 is 1.93 bits per heavy atom. The highest BCUT2D eigenvalue weighted by Gasteiger charge is 2.16. The van der Waals surface area contributed by atoms with E-state index < -0.39 is 0 Å². The molecule has 1 aliphatic heterocycles. The summed E-state index contributed by atoms with van der Waals surface area (Å²) in [5, 5.41) is 0. The van der Waals surface area contributed by atoms with Crippen LogP contribution in [-0.4, -0.2) is 5.71 Å². The molecule has 1 aromatic carbocycles. The van der Waals surface area contributed by atoms with Crippen LogP contribution < -0.4 is 0 Å². The zero-order valence-corrected chi connectivity index (χ0v) is 9.35. The molecule has 1 aliphatic rings. The van der Waals surface area contributed by atoms with Crippen molar-refractivity contribution < 1.29 is 0 Å². The highest BCUT2D eigenvalue weighted by Crippen LogP contribution is 2.23. The minimum absolute atomic E-state index is 0.637. The Kier molecular flexibility index (Phi) is 3.00. The summed E-state index contributed by atoms with van der Waals surface area (Å²) < 4.78 is 0. The Morgan fingerprint density at radius 3 is 2.60 bits per heavy atom. The van der Waals surface area contributed by atoms with E-state index in [0.29, 0.717) is 11.8 Å². The zero-order valence-electron chi connectivity index (χ0n) is 9.35. The van der Waals surface area contributed by atoms with Gasteiger partial charge in [-0.15, -0.1) is 0 Å². The van der Waals surface area contributed by atoms with Gasteiger partial charge in [-0.1, -0.05) is 50.3 Å². The first-order valence-electron chi connectivity index (χ1n) is 5.56. The minimum atomic E-state index is 0.637. The fraction of sp³-hybridized carbons (Fsp3) is 0.357. The van der Waals surface area contributed by atoms with Gasteiger partial charge in [0.2, 0.25) is 0 Å². The molecule has 0 radical (unpaired) electrons. The summed E-state index contributed by atoms with van der Waals surface area (Å²) in [6.07, 6.45) is 5.24. The van der Waals surface area contributed by atoms with Gasteiger partial charge in [-0.2, -0.15) is 0 Å². The van der Waals surface area contributed by atoms with Crippen LogP contribution in [0.5, 0.6) is 0 Å². The molecule has 1 nitrogen and oxygen atoms in total. The Bertz CT molecular complexity index is 374. The van der Waals surface area contributed by atoms with Crippen molar-refractivity contribution in [1.82, 2.24) is 0 Å². The first-order chi connectivity index (χ1) is 7.27. The second kappa shape index (κ2) is 4.43. The standard InChI is InChI=1S/C14H17N/c1-11(2)13-8-9-15-14(10-13)12-6-4-3-5-7-12/h3-9,11,13H,10H2,1-2H3. The predicted molar refractivity (Wildman–Crippen MR) is 65.1 cm³/mol. The average molecular weight is 199 g/mol. The van der Waals surface area contributed by atoms with Crippen LogP contribution in [0, 0.1) is 11.8 Å². The molecule has 78 valence electrons. The maximum atomic E-state index is 4.47. The molecule has 1 unspecified atom stereocenters. The molecule has 0 aromatic heterocycles.